The fourth-order valence-electron chi connectivity index (χ4n) is 4.69. The second-order valence-electron chi connectivity index (χ2n) is 16.5. The number of nitrogens with zero attached hydrogens (tertiary/aromatic N) is 4. The van der Waals surface area contributed by atoms with Crippen LogP contribution in [0.4, 0.5) is 19.2 Å². The molecule has 0 aliphatic rings. The van der Waals surface area contributed by atoms with Gasteiger partial charge in [0, 0.05) is 52.4 Å². The summed E-state index contributed by atoms with van der Waals surface area (Å²) in [6, 6.07) is 0. The van der Waals surface area contributed by atoms with Gasteiger partial charge >= 0.3 is 24.4 Å². The normalized spacial score (nSPS) is 12.2. The van der Waals surface area contributed by atoms with Crippen molar-refractivity contribution in [1.29, 1.82) is 0 Å². The van der Waals surface area contributed by atoms with E-state index in [1.54, 1.807) is 19.6 Å². The Labute approximate surface area is 298 Å². The van der Waals surface area contributed by atoms with Gasteiger partial charge in [-0.15, -0.1) is 0 Å². The van der Waals surface area contributed by atoms with E-state index in [0.29, 0.717) is 65.2 Å². The molecule has 0 radical (unpaired) electrons. The molecule has 0 unspecified atom stereocenters. The molecule has 0 aromatic heterocycles. The molecule has 4 amide bonds. The lowest BCUT2D eigenvalue weighted by Gasteiger charge is -2.29. The topological polar surface area (TPSA) is 118 Å². The second-order valence-corrected chi connectivity index (χ2v) is 16.5. The van der Waals surface area contributed by atoms with Crippen LogP contribution in [0.2, 0.25) is 0 Å². The monoisotopic (exact) mass is 701 g/mol. The Morgan fingerprint density at radius 1 is 0.347 bits per heavy atom. The van der Waals surface area contributed by atoms with Crippen molar-refractivity contribution < 1.29 is 38.1 Å². The van der Waals surface area contributed by atoms with Crippen molar-refractivity contribution in [1.82, 2.24) is 19.6 Å². The molecule has 0 saturated carbocycles. The van der Waals surface area contributed by atoms with Crippen molar-refractivity contribution in [2.45, 2.75) is 164 Å². The lowest BCUT2D eigenvalue weighted by atomic mass is 10.1. The van der Waals surface area contributed by atoms with Gasteiger partial charge in [-0.3, -0.25) is 0 Å². The van der Waals surface area contributed by atoms with Gasteiger partial charge in [-0.05, 0) is 123 Å². The van der Waals surface area contributed by atoms with Gasteiger partial charge in [0.2, 0.25) is 0 Å². The Morgan fingerprint density at radius 2 is 0.551 bits per heavy atom. The van der Waals surface area contributed by atoms with E-state index in [1.807, 2.05) is 96.9 Å². The van der Waals surface area contributed by atoms with E-state index >= 15 is 0 Å². The SMILES string of the molecule is CCN(CCCN(CCCCCCCN(CCCN(CC)C(=O)OC(C)(C)C)C(=O)OC(C)(C)C)C(=O)OC(C)(C)C)C(=O)OC(C)(C)C. The number of ether oxygens (including phenoxy) is 4. The minimum absolute atomic E-state index is 0.353. The third kappa shape index (κ3) is 24.0. The number of hydrogen-bond donors (Lipinski definition) is 0. The highest BCUT2D eigenvalue weighted by atomic mass is 16.6. The molecule has 0 atom stereocenters. The number of rotatable bonds is 18. The number of carbonyl (C=O) groups is 4. The van der Waals surface area contributed by atoms with Crippen LogP contribution >= 0.6 is 0 Å². The Bertz CT molecular complexity index is 914. The Morgan fingerprint density at radius 3 is 0.796 bits per heavy atom. The lowest BCUT2D eigenvalue weighted by Crippen LogP contribution is -2.41. The molecule has 0 aliphatic carbocycles. The number of hydrogen-bond acceptors (Lipinski definition) is 8. The average molecular weight is 701 g/mol. The minimum atomic E-state index is -0.605. The number of carbonyl (C=O) groups excluding carboxylic acids is 4. The maximum atomic E-state index is 13.0. The zero-order valence-corrected chi connectivity index (χ0v) is 33.7. The fourth-order valence-corrected chi connectivity index (χ4v) is 4.69. The third-order valence-electron chi connectivity index (χ3n) is 6.94. The fraction of sp³-hybridized carbons (Fsp3) is 0.892. The van der Waals surface area contributed by atoms with E-state index in [9.17, 15) is 19.2 Å². The molecule has 0 aliphatic heterocycles. The molecule has 49 heavy (non-hydrogen) atoms. The summed E-state index contributed by atoms with van der Waals surface area (Å²) in [5.74, 6) is 0. The van der Waals surface area contributed by atoms with Gasteiger partial charge in [-0.2, -0.15) is 0 Å². The molecule has 0 rings (SSSR count). The highest BCUT2D eigenvalue weighted by Crippen LogP contribution is 2.16. The van der Waals surface area contributed by atoms with Crippen molar-refractivity contribution >= 4 is 24.4 Å². The molecule has 0 spiro atoms. The molecule has 288 valence electrons. The third-order valence-corrected chi connectivity index (χ3v) is 6.94. The molecule has 0 fully saturated rings. The summed E-state index contributed by atoms with van der Waals surface area (Å²) in [4.78, 5) is 57.8. The van der Waals surface area contributed by atoms with Crippen LogP contribution in [-0.4, -0.2) is 119 Å². The maximum absolute atomic E-state index is 13.0. The van der Waals surface area contributed by atoms with Gasteiger partial charge in [0.15, 0.2) is 0 Å². The van der Waals surface area contributed by atoms with Crippen LogP contribution in [0.25, 0.3) is 0 Å². The largest absolute Gasteiger partial charge is 0.444 e. The summed E-state index contributed by atoms with van der Waals surface area (Å²) in [6.45, 7) is 30.1. The molecule has 0 saturated heterocycles. The van der Waals surface area contributed by atoms with E-state index in [1.165, 1.54) is 0 Å². The standard InChI is InChI=1S/C37H72N4O8/c1-15-38(30(42)46-34(3,4)5)26-22-28-40(32(44)48-36(9,10)11)24-20-18-17-19-21-25-41(33(45)49-37(12,13)14)29-23-27-39(16-2)31(43)47-35(6,7)8/h15-29H2,1-14H3. The molecule has 0 heterocycles. The van der Waals surface area contributed by atoms with Crippen LogP contribution in [0.15, 0.2) is 0 Å². The Hall–Kier alpha value is -2.92. The van der Waals surface area contributed by atoms with E-state index < -0.39 is 22.4 Å². The lowest BCUT2D eigenvalue weighted by molar-refractivity contribution is 0.0190. The molecule has 0 aromatic rings. The van der Waals surface area contributed by atoms with E-state index in [0.717, 1.165) is 32.1 Å². The molecular formula is C37H72N4O8. The Kier molecular flexibility index (Phi) is 20.1. The number of amides is 4. The highest BCUT2D eigenvalue weighted by Gasteiger charge is 2.26. The summed E-state index contributed by atoms with van der Waals surface area (Å²) in [5, 5.41) is 0. The van der Waals surface area contributed by atoms with Gasteiger partial charge in [-0.1, -0.05) is 19.3 Å². The van der Waals surface area contributed by atoms with E-state index in [-0.39, 0.29) is 24.4 Å². The van der Waals surface area contributed by atoms with Crippen molar-refractivity contribution in [2.24, 2.45) is 0 Å². The van der Waals surface area contributed by atoms with Crippen LogP contribution in [-0.2, 0) is 18.9 Å². The molecule has 0 aromatic carbocycles. The van der Waals surface area contributed by atoms with Crippen molar-refractivity contribution in [3.8, 4) is 0 Å². The minimum Gasteiger partial charge on any atom is -0.444 e. The predicted octanol–water partition coefficient (Wildman–Crippen LogP) is 8.71. The summed E-state index contributed by atoms with van der Waals surface area (Å²) < 4.78 is 22.4. The molecule has 12 nitrogen and oxygen atoms in total. The van der Waals surface area contributed by atoms with Crippen LogP contribution in [0.1, 0.15) is 142 Å². The first-order chi connectivity index (χ1) is 22.4. The smallest absolute Gasteiger partial charge is 0.410 e. The molecular weight excluding hydrogens is 628 g/mol. The first kappa shape index (κ1) is 46.1. The van der Waals surface area contributed by atoms with Crippen LogP contribution < -0.4 is 0 Å². The van der Waals surface area contributed by atoms with E-state index in [2.05, 4.69) is 0 Å². The van der Waals surface area contributed by atoms with Gasteiger partial charge in [-0.25, -0.2) is 19.2 Å². The highest BCUT2D eigenvalue weighted by molar-refractivity contribution is 5.69. The number of unbranched alkanes of at least 4 members (excludes halogenated alkanes) is 4. The maximum Gasteiger partial charge on any atom is 0.410 e. The first-order valence-electron chi connectivity index (χ1n) is 18.3. The van der Waals surface area contributed by atoms with E-state index in [4.69, 9.17) is 18.9 Å². The van der Waals surface area contributed by atoms with Crippen molar-refractivity contribution in [3.05, 3.63) is 0 Å². The summed E-state index contributed by atoms with van der Waals surface area (Å²) in [6.07, 6.45) is 4.24. The van der Waals surface area contributed by atoms with Gasteiger partial charge in [0.25, 0.3) is 0 Å². The summed E-state index contributed by atoms with van der Waals surface area (Å²) in [7, 11) is 0. The van der Waals surface area contributed by atoms with Crippen LogP contribution in [0.3, 0.4) is 0 Å². The molecule has 0 bridgehead atoms. The second kappa shape index (κ2) is 21.3. The van der Waals surface area contributed by atoms with Crippen molar-refractivity contribution in [2.75, 3.05) is 52.4 Å². The quantitative estimate of drug-likeness (QED) is 0.103. The molecule has 12 heteroatoms. The first-order valence-corrected chi connectivity index (χ1v) is 18.3. The zero-order valence-electron chi connectivity index (χ0n) is 33.7. The average Bonchev–Trinajstić information content (AvgIpc) is 2.90. The van der Waals surface area contributed by atoms with Crippen molar-refractivity contribution in [3.63, 3.8) is 0 Å². The summed E-state index contributed by atoms with van der Waals surface area (Å²) >= 11 is 0. The zero-order chi connectivity index (χ0) is 38.1. The van der Waals surface area contributed by atoms with Gasteiger partial charge in [0.1, 0.15) is 22.4 Å². The van der Waals surface area contributed by atoms with Gasteiger partial charge < -0.3 is 38.5 Å². The Balaban J connectivity index is 5.02. The predicted molar refractivity (Wildman–Crippen MR) is 195 cm³/mol. The summed E-state index contributed by atoms with van der Waals surface area (Å²) in [5.41, 5.74) is -2.35. The van der Waals surface area contributed by atoms with Gasteiger partial charge in [0.05, 0.1) is 0 Å². The van der Waals surface area contributed by atoms with Crippen LogP contribution in [0.5, 0.6) is 0 Å². The molecule has 0 N–H and O–H groups in total. The van der Waals surface area contributed by atoms with Crippen LogP contribution in [0, 0.1) is 0 Å².